The van der Waals surface area contributed by atoms with Crippen LogP contribution in [-0.4, -0.2) is 35.1 Å². The molecule has 0 saturated carbocycles. The molecule has 2 N–H and O–H groups in total. The predicted molar refractivity (Wildman–Crippen MR) is 126 cm³/mol. The molecule has 1 saturated heterocycles. The Morgan fingerprint density at radius 1 is 1.06 bits per heavy atom. The highest BCUT2D eigenvalue weighted by molar-refractivity contribution is 8.00. The molecule has 164 valence electrons. The number of halogens is 1. The van der Waals surface area contributed by atoms with Crippen molar-refractivity contribution < 1.29 is 14.3 Å². The van der Waals surface area contributed by atoms with Gasteiger partial charge in [0, 0.05) is 12.6 Å². The third-order valence-corrected chi connectivity index (χ3v) is 6.46. The first-order chi connectivity index (χ1) is 15.6. The third kappa shape index (κ3) is 5.81. The molecule has 8 heteroatoms. The fourth-order valence-electron chi connectivity index (χ4n) is 3.33. The summed E-state index contributed by atoms with van der Waals surface area (Å²) in [5.41, 5.74) is 1.17. The quantitative estimate of drug-likeness (QED) is 0.517. The van der Waals surface area contributed by atoms with Crippen LogP contribution in [0, 0.1) is 0 Å². The molecule has 2 atom stereocenters. The van der Waals surface area contributed by atoms with Crippen molar-refractivity contribution in [1.29, 1.82) is 0 Å². The van der Waals surface area contributed by atoms with Crippen molar-refractivity contribution >= 4 is 35.2 Å². The molecule has 4 rings (SSSR count). The summed E-state index contributed by atoms with van der Waals surface area (Å²) >= 11 is 7.44. The Hall–Kier alpha value is -3.03. The summed E-state index contributed by atoms with van der Waals surface area (Å²) in [6, 6.07) is 21.9. The van der Waals surface area contributed by atoms with Gasteiger partial charge in [0.2, 0.25) is 5.91 Å². The molecule has 0 spiro atoms. The monoisotopic (exact) mass is 467 g/mol. The van der Waals surface area contributed by atoms with Crippen LogP contribution >= 0.6 is 23.4 Å². The number of amides is 2. The van der Waals surface area contributed by atoms with Gasteiger partial charge < -0.3 is 15.4 Å². The van der Waals surface area contributed by atoms with Crippen molar-refractivity contribution in [3.8, 4) is 11.5 Å². The van der Waals surface area contributed by atoms with Gasteiger partial charge in [-0.05, 0) is 54.1 Å². The first kappa shape index (κ1) is 22.2. The number of hydrogen-bond acceptors (Lipinski definition) is 5. The third-order valence-electron chi connectivity index (χ3n) is 4.95. The molecular weight excluding hydrogens is 446 g/mol. The molecule has 0 aliphatic carbocycles. The van der Waals surface area contributed by atoms with Crippen LogP contribution < -0.4 is 15.4 Å². The highest BCUT2D eigenvalue weighted by Crippen LogP contribution is 2.33. The average molecular weight is 468 g/mol. The standard InChI is InChI=1S/C24H22ClN3O3S/c25-21-8-4-7-20(28-21)23(29)26-15-17-13-14-32-22(24(30)27-17)16-9-11-19(12-10-16)31-18-5-2-1-3-6-18/h1-12,17,22H,13-15H2,(H,26,29)(H,27,30)/t17-,22+/m0/s1. The Labute approximate surface area is 195 Å². The van der Waals surface area contributed by atoms with Gasteiger partial charge in [-0.25, -0.2) is 4.98 Å². The maximum atomic E-state index is 12.9. The summed E-state index contributed by atoms with van der Waals surface area (Å²) in [6.45, 7) is 0.329. The number of thioether (sulfide) groups is 1. The van der Waals surface area contributed by atoms with Crippen molar-refractivity contribution in [2.24, 2.45) is 0 Å². The summed E-state index contributed by atoms with van der Waals surface area (Å²) in [6.07, 6.45) is 0.755. The largest absolute Gasteiger partial charge is 0.457 e. The Morgan fingerprint density at radius 2 is 1.81 bits per heavy atom. The van der Waals surface area contributed by atoms with Crippen molar-refractivity contribution in [2.45, 2.75) is 17.7 Å². The molecule has 1 aliphatic heterocycles. The predicted octanol–water partition coefficient (Wildman–Crippen LogP) is 4.62. The van der Waals surface area contributed by atoms with Crippen LogP contribution in [0.4, 0.5) is 0 Å². The number of rotatable bonds is 6. The van der Waals surface area contributed by atoms with E-state index in [1.54, 1.807) is 30.0 Å². The molecule has 1 aromatic heterocycles. The number of nitrogens with zero attached hydrogens (tertiary/aromatic N) is 1. The Kier molecular flexibility index (Phi) is 7.29. The number of ether oxygens (including phenoxy) is 1. The molecular formula is C24H22ClN3O3S. The number of nitrogens with one attached hydrogen (secondary N) is 2. The normalized spacial score (nSPS) is 18.3. The van der Waals surface area contributed by atoms with Crippen LogP contribution in [0.2, 0.25) is 5.15 Å². The van der Waals surface area contributed by atoms with Crippen LogP contribution in [0.5, 0.6) is 11.5 Å². The topological polar surface area (TPSA) is 80.3 Å². The number of pyridine rings is 1. The lowest BCUT2D eigenvalue weighted by Crippen LogP contribution is -2.44. The summed E-state index contributed by atoms with van der Waals surface area (Å²) in [4.78, 5) is 29.2. The zero-order valence-corrected chi connectivity index (χ0v) is 18.7. The summed E-state index contributed by atoms with van der Waals surface area (Å²) in [7, 11) is 0. The molecule has 0 unspecified atom stereocenters. The number of benzene rings is 2. The lowest BCUT2D eigenvalue weighted by atomic mass is 10.1. The molecule has 32 heavy (non-hydrogen) atoms. The molecule has 6 nitrogen and oxygen atoms in total. The van der Waals surface area contributed by atoms with Gasteiger partial charge in [-0.1, -0.05) is 48.0 Å². The van der Waals surface area contributed by atoms with Crippen LogP contribution in [-0.2, 0) is 4.79 Å². The van der Waals surface area contributed by atoms with E-state index in [1.165, 1.54) is 0 Å². The molecule has 3 aromatic rings. The van der Waals surface area contributed by atoms with E-state index in [4.69, 9.17) is 16.3 Å². The zero-order chi connectivity index (χ0) is 22.3. The molecule has 1 fully saturated rings. The van der Waals surface area contributed by atoms with Crippen LogP contribution in [0.3, 0.4) is 0 Å². The molecule has 2 aromatic carbocycles. The van der Waals surface area contributed by atoms with Gasteiger partial charge in [-0.2, -0.15) is 0 Å². The lowest BCUT2D eigenvalue weighted by molar-refractivity contribution is -0.121. The lowest BCUT2D eigenvalue weighted by Gasteiger charge is -2.18. The minimum Gasteiger partial charge on any atom is -0.457 e. The van der Waals surface area contributed by atoms with E-state index in [0.717, 1.165) is 23.5 Å². The van der Waals surface area contributed by atoms with Gasteiger partial charge in [-0.15, -0.1) is 11.8 Å². The van der Waals surface area contributed by atoms with Gasteiger partial charge in [0.1, 0.15) is 27.6 Å². The van der Waals surface area contributed by atoms with E-state index in [9.17, 15) is 9.59 Å². The number of aromatic nitrogens is 1. The van der Waals surface area contributed by atoms with Crippen LogP contribution in [0.25, 0.3) is 0 Å². The van der Waals surface area contributed by atoms with Crippen LogP contribution in [0.1, 0.15) is 27.7 Å². The maximum Gasteiger partial charge on any atom is 0.270 e. The van der Waals surface area contributed by atoms with E-state index in [-0.39, 0.29) is 34.0 Å². The summed E-state index contributed by atoms with van der Waals surface area (Å²) in [5.74, 6) is 1.89. The van der Waals surface area contributed by atoms with Gasteiger partial charge in [0.15, 0.2) is 0 Å². The Bertz CT molecular complexity index is 1080. The van der Waals surface area contributed by atoms with E-state index < -0.39 is 0 Å². The summed E-state index contributed by atoms with van der Waals surface area (Å²) < 4.78 is 5.83. The zero-order valence-electron chi connectivity index (χ0n) is 17.2. The molecule has 2 heterocycles. The highest BCUT2D eigenvalue weighted by atomic mass is 35.5. The average Bonchev–Trinajstić information content (AvgIpc) is 2.99. The number of para-hydroxylation sites is 1. The second kappa shape index (κ2) is 10.5. The number of carbonyl (C=O) groups is 2. The van der Waals surface area contributed by atoms with Gasteiger partial charge in [0.25, 0.3) is 5.91 Å². The second-order valence-electron chi connectivity index (χ2n) is 7.28. The first-order valence-electron chi connectivity index (χ1n) is 10.2. The van der Waals surface area contributed by atoms with Crippen molar-refractivity contribution in [1.82, 2.24) is 15.6 Å². The van der Waals surface area contributed by atoms with Gasteiger partial charge in [0.05, 0.1) is 0 Å². The maximum absolute atomic E-state index is 12.9. The van der Waals surface area contributed by atoms with Crippen molar-refractivity contribution in [3.63, 3.8) is 0 Å². The van der Waals surface area contributed by atoms with E-state index in [0.29, 0.717) is 12.3 Å². The number of carbonyl (C=O) groups excluding carboxylic acids is 2. The minimum atomic E-state index is -0.316. The van der Waals surface area contributed by atoms with E-state index in [1.807, 2.05) is 54.6 Å². The van der Waals surface area contributed by atoms with Gasteiger partial charge in [-0.3, -0.25) is 9.59 Å². The van der Waals surface area contributed by atoms with Gasteiger partial charge >= 0.3 is 0 Å². The second-order valence-corrected chi connectivity index (χ2v) is 8.88. The Morgan fingerprint density at radius 3 is 2.56 bits per heavy atom. The SMILES string of the molecule is O=C(NC[C@@H]1CCS[C@H](c2ccc(Oc3ccccc3)cc2)C(=O)N1)c1cccc(Cl)n1. The fraction of sp³-hybridized carbons (Fsp3) is 0.208. The van der Waals surface area contributed by atoms with Crippen molar-refractivity contribution in [2.75, 3.05) is 12.3 Å². The van der Waals surface area contributed by atoms with Crippen molar-refractivity contribution in [3.05, 3.63) is 89.2 Å². The molecule has 0 bridgehead atoms. The minimum absolute atomic E-state index is 0.0654. The molecule has 2 amide bonds. The fourth-order valence-corrected chi connectivity index (χ4v) is 4.72. The molecule has 1 aliphatic rings. The Balaban J connectivity index is 1.33. The van der Waals surface area contributed by atoms with E-state index in [2.05, 4.69) is 15.6 Å². The van der Waals surface area contributed by atoms with E-state index >= 15 is 0 Å². The highest BCUT2D eigenvalue weighted by Gasteiger charge is 2.27. The summed E-state index contributed by atoms with van der Waals surface area (Å²) in [5, 5.41) is 5.83. The van der Waals surface area contributed by atoms with Crippen LogP contribution in [0.15, 0.2) is 72.8 Å². The first-order valence-corrected chi connectivity index (χ1v) is 11.7. The number of hydrogen-bond donors (Lipinski definition) is 2. The molecule has 0 radical (unpaired) electrons. The smallest absolute Gasteiger partial charge is 0.270 e.